The highest BCUT2D eigenvalue weighted by atomic mass is 16.5. The summed E-state index contributed by atoms with van der Waals surface area (Å²) in [6.07, 6.45) is 14.5. The van der Waals surface area contributed by atoms with E-state index in [4.69, 9.17) is 4.74 Å². The number of fused-ring (bicyclic) bond motifs is 2. The highest BCUT2D eigenvalue weighted by Gasteiger charge is 2.47. The van der Waals surface area contributed by atoms with Crippen molar-refractivity contribution in [3.05, 3.63) is 137 Å². The Morgan fingerprint density at radius 3 is 2.06 bits per heavy atom. The van der Waals surface area contributed by atoms with E-state index in [1.165, 1.54) is 10.5 Å². The molecule has 1 fully saturated rings. The lowest BCUT2D eigenvalue weighted by atomic mass is 9.83. The molecule has 82 heavy (non-hydrogen) atoms. The largest absolute Gasteiger partial charge is 0.489 e. The first kappa shape index (κ1) is 62.5. The van der Waals surface area contributed by atoms with Gasteiger partial charge in [0.2, 0.25) is 35.4 Å². The summed E-state index contributed by atoms with van der Waals surface area (Å²) in [4.78, 5) is 102. The van der Waals surface area contributed by atoms with Gasteiger partial charge in [0, 0.05) is 37.2 Å². The maximum Gasteiger partial charge on any atom is 0.251 e. The number of hydrogen-bond acceptors (Lipinski definition) is 10. The van der Waals surface area contributed by atoms with E-state index in [1.54, 1.807) is 38.1 Å². The number of likely N-dealkylation sites (N-methyl/N-ethyl adjacent to an activating group) is 2. The van der Waals surface area contributed by atoms with Gasteiger partial charge in [-0.1, -0.05) is 127 Å². The van der Waals surface area contributed by atoms with Gasteiger partial charge in [0.25, 0.3) is 5.91 Å². The first-order valence-corrected chi connectivity index (χ1v) is 29.4. The number of aryl methyl sites for hydroxylation is 1. The number of carbonyl (C=O) groups is 7. The predicted molar refractivity (Wildman–Crippen MR) is 319 cm³/mol. The van der Waals surface area contributed by atoms with Crippen molar-refractivity contribution in [2.75, 3.05) is 20.6 Å². The zero-order chi connectivity index (χ0) is 59.5. The number of allylic oxidation sites excluding steroid dienone is 4. The van der Waals surface area contributed by atoms with Gasteiger partial charge in [-0.05, 0) is 142 Å². The molecule has 0 spiro atoms. The van der Waals surface area contributed by atoms with Gasteiger partial charge in [-0.2, -0.15) is 0 Å². The summed E-state index contributed by atoms with van der Waals surface area (Å²) >= 11 is 0. The van der Waals surface area contributed by atoms with E-state index in [1.807, 2.05) is 115 Å². The van der Waals surface area contributed by atoms with Crippen LogP contribution in [-0.2, 0) is 54.8 Å². The minimum atomic E-state index is -0.954. The molecule has 7 N–H and O–H groups in total. The number of nitrogens with one attached hydrogen (secondary N) is 7. The van der Waals surface area contributed by atoms with Crippen LogP contribution >= 0.6 is 0 Å². The molecular weight excluding hydrogens is 1030 g/mol. The molecule has 7 amide bonds. The molecule has 2 heterocycles. The van der Waals surface area contributed by atoms with Crippen molar-refractivity contribution in [3.8, 4) is 5.75 Å². The van der Waals surface area contributed by atoms with Gasteiger partial charge in [-0.25, -0.2) is 0 Å². The van der Waals surface area contributed by atoms with Crippen molar-refractivity contribution in [1.29, 1.82) is 0 Å². The Hall–Kier alpha value is -7.11. The van der Waals surface area contributed by atoms with Gasteiger partial charge in [-0.3, -0.25) is 33.6 Å². The molecule has 0 saturated carbocycles. The second-order valence-corrected chi connectivity index (χ2v) is 24.8. The van der Waals surface area contributed by atoms with Crippen LogP contribution in [0.15, 0.2) is 103 Å². The molecule has 17 heteroatoms. The second kappa shape index (κ2) is 27.8. The van der Waals surface area contributed by atoms with Gasteiger partial charge in [0.05, 0.1) is 18.1 Å². The van der Waals surface area contributed by atoms with Crippen LogP contribution in [0, 0.1) is 10.8 Å². The van der Waals surface area contributed by atoms with Gasteiger partial charge in [0.15, 0.2) is 0 Å². The summed E-state index contributed by atoms with van der Waals surface area (Å²) < 4.78 is 6.35. The Balaban J connectivity index is 1.05. The lowest BCUT2D eigenvalue weighted by molar-refractivity contribution is -0.147. The lowest BCUT2D eigenvalue weighted by Crippen LogP contribution is -2.62. The van der Waals surface area contributed by atoms with E-state index in [9.17, 15) is 33.6 Å². The molecule has 0 radical (unpaired) electrons. The number of benzene rings is 3. The van der Waals surface area contributed by atoms with Gasteiger partial charge in [-0.15, -0.1) is 0 Å². The highest BCUT2D eigenvalue weighted by molar-refractivity contribution is 5.97. The van der Waals surface area contributed by atoms with Crippen LogP contribution in [0.5, 0.6) is 5.75 Å². The summed E-state index contributed by atoms with van der Waals surface area (Å²) in [5, 5.41) is 21.6. The highest BCUT2D eigenvalue weighted by Crippen LogP contribution is 2.34. The molecule has 7 rings (SSSR count). The van der Waals surface area contributed by atoms with E-state index in [-0.39, 0.29) is 80.1 Å². The van der Waals surface area contributed by atoms with Crippen LogP contribution < -0.4 is 42.0 Å². The summed E-state index contributed by atoms with van der Waals surface area (Å²) in [6.45, 7) is 19.4. The molecule has 0 unspecified atom stereocenters. The molecule has 4 aliphatic rings. The summed E-state index contributed by atoms with van der Waals surface area (Å²) in [5.74, 6) is -1.75. The monoisotopic (exact) mass is 1120 g/mol. The minimum Gasteiger partial charge on any atom is -0.489 e. The maximum absolute atomic E-state index is 15.0. The van der Waals surface area contributed by atoms with Crippen LogP contribution in [0.2, 0.25) is 0 Å². The lowest BCUT2D eigenvalue weighted by Gasteiger charge is -2.42. The van der Waals surface area contributed by atoms with Crippen LogP contribution in [0.3, 0.4) is 0 Å². The SMILES string of the molecule is C=C1/C=C\C=C/C[C@H](NC(=O)[C@@H]2C[C@H](NC(=O)c3ccc(COc4ccc5c(c4)CN(C(=O)[C@@H](NC(=O)[C@H](CC)NC)C(C)(C)C)[C@H](C(=O)N[C@@H]4CCCc6ccccc64)C5)cc3)CN2C(=O)[C@@H](NC(=O)[C@H](C)NC)C(C)(C)C)CCC1. The van der Waals surface area contributed by atoms with E-state index < -0.39 is 59.0 Å². The Labute approximate surface area is 485 Å². The van der Waals surface area contributed by atoms with Crippen molar-refractivity contribution in [2.45, 2.75) is 187 Å². The number of amides is 7. The first-order chi connectivity index (χ1) is 39.0. The van der Waals surface area contributed by atoms with E-state index >= 15 is 0 Å². The third-order valence-corrected chi connectivity index (χ3v) is 16.5. The fraction of sp³-hybridized carbons (Fsp3) is 0.523. The third-order valence-electron chi connectivity index (χ3n) is 16.5. The fourth-order valence-electron chi connectivity index (χ4n) is 11.4. The van der Waals surface area contributed by atoms with E-state index in [0.717, 1.165) is 66.4 Å². The molecule has 2 aliphatic carbocycles. The van der Waals surface area contributed by atoms with Crippen molar-refractivity contribution in [2.24, 2.45) is 10.8 Å². The molecule has 3 aromatic rings. The van der Waals surface area contributed by atoms with Crippen LogP contribution in [0.1, 0.15) is 151 Å². The summed E-state index contributed by atoms with van der Waals surface area (Å²) in [7, 11) is 3.39. The van der Waals surface area contributed by atoms with Gasteiger partial charge >= 0.3 is 0 Å². The Kier molecular flexibility index (Phi) is 21.2. The van der Waals surface area contributed by atoms with Crippen LogP contribution in [0.25, 0.3) is 0 Å². The number of hydrogen-bond donors (Lipinski definition) is 7. The molecule has 9 atom stereocenters. The first-order valence-electron chi connectivity index (χ1n) is 29.4. The summed E-state index contributed by atoms with van der Waals surface area (Å²) in [6, 6.07) is 15.3. The predicted octanol–water partition coefficient (Wildman–Crippen LogP) is 6.81. The number of rotatable bonds is 18. The molecule has 1 saturated heterocycles. The molecule has 442 valence electrons. The molecule has 17 nitrogen and oxygen atoms in total. The topological polar surface area (TPSA) is 219 Å². The zero-order valence-electron chi connectivity index (χ0n) is 49.9. The zero-order valence-corrected chi connectivity index (χ0v) is 49.9. The number of nitrogens with zero attached hydrogens (tertiary/aromatic N) is 2. The number of ether oxygens (including phenoxy) is 1. The number of carbonyl (C=O) groups excluding carboxylic acids is 7. The van der Waals surface area contributed by atoms with Crippen molar-refractivity contribution in [1.82, 2.24) is 47.0 Å². The average molecular weight is 1120 g/mol. The average Bonchev–Trinajstić information content (AvgIpc) is 3.66. The fourth-order valence-corrected chi connectivity index (χ4v) is 11.4. The summed E-state index contributed by atoms with van der Waals surface area (Å²) in [5.41, 5.74) is 4.83. The standard InChI is InChI=1S/C65H89N9O8/c1-12-51(67-11)59(77)72-56(65(7,8)9)62(80)73-37-46-34-49(33-32-45(46)35-53(73)61(79)70-52-27-19-23-43-22-16-17-26-50(43)52)82-39-42-28-30-44(31-29-42)58(76)69-48-36-54(60(78)68-47-24-15-13-14-20-40(2)21-18-25-47)74(38-48)63(81)55(64(4,5)6)71-57(75)41(3)66-10/h13-17,20,22,26,28-34,41,47-48,51-56,66-67H,2,12,18-19,21,23-25,27,35-39H2,1,3-11H3,(H,68,78)(H,69,76)(H,70,79)(H,71,75)(H,72,77)/b15-13-,20-14-/t41-,47-,48-,51-,52+,53-,54-,55+,56+/m0/s1. The van der Waals surface area contributed by atoms with Crippen LogP contribution in [-0.4, -0.2) is 120 Å². The Morgan fingerprint density at radius 1 is 0.707 bits per heavy atom. The van der Waals surface area contributed by atoms with Gasteiger partial charge < -0.3 is 51.8 Å². The molecular formula is C65H89N9O8. The van der Waals surface area contributed by atoms with Crippen molar-refractivity contribution in [3.63, 3.8) is 0 Å². The maximum atomic E-state index is 15.0. The number of likely N-dealkylation sites (tertiary alicyclic amines) is 1. The molecule has 0 bridgehead atoms. The molecule has 0 aromatic heterocycles. The smallest absolute Gasteiger partial charge is 0.251 e. The Bertz CT molecular complexity index is 2860. The van der Waals surface area contributed by atoms with Crippen LogP contribution in [0.4, 0.5) is 0 Å². The van der Waals surface area contributed by atoms with Gasteiger partial charge in [0.1, 0.15) is 36.5 Å². The van der Waals surface area contributed by atoms with Crippen molar-refractivity contribution < 1.29 is 38.3 Å². The minimum absolute atomic E-state index is 0.0631. The normalized spacial score (nSPS) is 22.4. The quantitative estimate of drug-likeness (QED) is 0.0706. The Morgan fingerprint density at radius 2 is 1.38 bits per heavy atom. The van der Waals surface area contributed by atoms with Crippen molar-refractivity contribution >= 4 is 41.4 Å². The second-order valence-electron chi connectivity index (χ2n) is 24.8. The third kappa shape index (κ3) is 15.9. The van der Waals surface area contributed by atoms with E-state index in [0.29, 0.717) is 24.2 Å². The molecule has 2 aliphatic heterocycles. The van der Waals surface area contributed by atoms with E-state index in [2.05, 4.69) is 55.9 Å². The molecule has 3 aromatic carbocycles.